The van der Waals surface area contributed by atoms with Crippen molar-refractivity contribution < 1.29 is 0 Å². The maximum atomic E-state index is 5.36. The summed E-state index contributed by atoms with van der Waals surface area (Å²) in [4.78, 5) is 20.5. The summed E-state index contributed by atoms with van der Waals surface area (Å²) in [6.07, 6.45) is 3.62. The van der Waals surface area contributed by atoms with Crippen molar-refractivity contribution in [3.8, 4) is 0 Å². The second-order valence-corrected chi connectivity index (χ2v) is 10.4. The van der Waals surface area contributed by atoms with Gasteiger partial charge in [-0.2, -0.15) is 0 Å². The van der Waals surface area contributed by atoms with Crippen molar-refractivity contribution in [3.05, 3.63) is 145 Å². The van der Waals surface area contributed by atoms with Crippen LogP contribution in [0.5, 0.6) is 0 Å². The number of aliphatic imine (C=N–C) groups is 2. The Labute approximate surface area is 240 Å². The minimum absolute atomic E-state index is 0.705. The molecule has 0 bridgehead atoms. The van der Waals surface area contributed by atoms with Gasteiger partial charge in [-0.1, -0.05) is 72.8 Å². The number of hydrogen-bond acceptors (Lipinski definition) is 4. The van der Waals surface area contributed by atoms with Gasteiger partial charge >= 0.3 is 0 Å². The SMILES string of the molecule is c1cnc2c(c1)/N=C(/n1c3ccccc3c3ccccc31)c1ncccc1/N=C\2n1c2ccccc2c2ccccc21. The van der Waals surface area contributed by atoms with E-state index in [0.29, 0.717) is 23.1 Å². The van der Waals surface area contributed by atoms with E-state index >= 15 is 0 Å². The van der Waals surface area contributed by atoms with Crippen molar-refractivity contribution in [2.24, 2.45) is 9.98 Å². The van der Waals surface area contributed by atoms with E-state index in [1.807, 2.05) is 36.7 Å². The maximum Gasteiger partial charge on any atom is 0.166 e. The smallest absolute Gasteiger partial charge is 0.166 e. The molecule has 5 heterocycles. The molecule has 0 saturated carbocycles. The van der Waals surface area contributed by atoms with Crippen molar-refractivity contribution in [2.45, 2.75) is 0 Å². The lowest BCUT2D eigenvalue weighted by Gasteiger charge is -2.19. The molecule has 9 rings (SSSR count). The van der Waals surface area contributed by atoms with Gasteiger partial charge in [-0.15, -0.1) is 0 Å². The number of pyridine rings is 2. The Balaban J connectivity index is 1.41. The van der Waals surface area contributed by atoms with E-state index < -0.39 is 0 Å². The average Bonchev–Trinajstić information content (AvgIpc) is 3.55. The summed E-state index contributed by atoms with van der Waals surface area (Å²) >= 11 is 0. The first-order valence-electron chi connectivity index (χ1n) is 13.9. The van der Waals surface area contributed by atoms with Crippen LogP contribution in [-0.4, -0.2) is 30.8 Å². The number of nitrogens with zero attached hydrogens (tertiary/aromatic N) is 6. The summed E-state index contributed by atoms with van der Waals surface area (Å²) in [6.45, 7) is 0. The van der Waals surface area contributed by atoms with Gasteiger partial charge in [0.15, 0.2) is 11.7 Å². The molecular formula is C36H22N6. The first-order chi connectivity index (χ1) is 20.9. The zero-order valence-electron chi connectivity index (χ0n) is 22.4. The van der Waals surface area contributed by atoms with Gasteiger partial charge in [-0.25, -0.2) is 9.98 Å². The Morgan fingerprint density at radius 2 is 0.690 bits per heavy atom. The van der Waals surface area contributed by atoms with Crippen LogP contribution < -0.4 is 0 Å². The Morgan fingerprint density at radius 3 is 1.05 bits per heavy atom. The first-order valence-corrected chi connectivity index (χ1v) is 13.9. The largest absolute Gasteiger partial charge is 0.292 e. The second kappa shape index (κ2) is 8.81. The van der Waals surface area contributed by atoms with E-state index in [-0.39, 0.29) is 0 Å². The lowest BCUT2D eigenvalue weighted by molar-refractivity contribution is 1.13. The van der Waals surface area contributed by atoms with Gasteiger partial charge in [0.2, 0.25) is 0 Å². The van der Waals surface area contributed by atoms with Gasteiger partial charge in [-0.3, -0.25) is 19.1 Å². The third-order valence-electron chi connectivity index (χ3n) is 8.03. The number of para-hydroxylation sites is 4. The number of fused-ring (bicyclic) bond motifs is 8. The van der Waals surface area contributed by atoms with Gasteiger partial charge < -0.3 is 0 Å². The van der Waals surface area contributed by atoms with Crippen molar-refractivity contribution in [2.75, 3.05) is 0 Å². The third kappa shape index (κ3) is 3.20. The average molecular weight is 539 g/mol. The summed E-state index contributed by atoms with van der Waals surface area (Å²) in [5.74, 6) is 1.42. The van der Waals surface area contributed by atoms with Crippen LogP contribution in [0.3, 0.4) is 0 Å². The molecule has 0 aliphatic carbocycles. The topological polar surface area (TPSA) is 60.4 Å². The van der Waals surface area contributed by atoms with E-state index in [4.69, 9.17) is 20.0 Å². The fourth-order valence-electron chi connectivity index (χ4n) is 6.27. The fraction of sp³-hybridized carbons (Fsp3) is 0. The summed E-state index contributed by atoms with van der Waals surface area (Å²) in [5, 5.41) is 4.65. The lowest BCUT2D eigenvalue weighted by Crippen LogP contribution is -2.20. The summed E-state index contributed by atoms with van der Waals surface area (Å²) < 4.78 is 4.41. The molecule has 0 atom stereocenters. The number of rotatable bonds is 0. The maximum absolute atomic E-state index is 5.36. The first kappa shape index (κ1) is 22.9. The molecule has 0 unspecified atom stereocenters. The van der Waals surface area contributed by atoms with E-state index in [1.165, 1.54) is 0 Å². The molecule has 1 aliphatic heterocycles. The highest BCUT2D eigenvalue weighted by Crippen LogP contribution is 2.36. The number of aromatic nitrogens is 4. The van der Waals surface area contributed by atoms with E-state index in [9.17, 15) is 0 Å². The van der Waals surface area contributed by atoms with Crippen LogP contribution in [0.25, 0.3) is 43.6 Å². The molecule has 0 radical (unpaired) electrons. The molecule has 4 aromatic heterocycles. The Bertz CT molecular complexity index is 2150. The van der Waals surface area contributed by atoms with E-state index in [0.717, 1.165) is 55.0 Å². The predicted molar refractivity (Wildman–Crippen MR) is 171 cm³/mol. The van der Waals surface area contributed by atoms with Crippen LogP contribution in [0.4, 0.5) is 11.4 Å². The molecule has 1 aliphatic rings. The van der Waals surface area contributed by atoms with Crippen molar-refractivity contribution >= 4 is 66.7 Å². The number of hydrogen-bond donors (Lipinski definition) is 0. The van der Waals surface area contributed by atoms with Crippen LogP contribution in [0.2, 0.25) is 0 Å². The molecule has 0 fully saturated rings. The molecular weight excluding hydrogens is 516 g/mol. The van der Waals surface area contributed by atoms with E-state index in [2.05, 4.69) is 106 Å². The van der Waals surface area contributed by atoms with Gasteiger partial charge in [0.25, 0.3) is 0 Å². The molecule has 0 spiro atoms. The Morgan fingerprint density at radius 1 is 0.357 bits per heavy atom. The molecule has 8 aromatic rings. The Kier molecular flexibility index (Phi) is 4.80. The molecule has 4 aromatic carbocycles. The van der Waals surface area contributed by atoms with Crippen LogP contribution in [0.1, 0.15) is 11.4 Å². The molecule has 0 N–H and O–H groups in total. The molecule has 196 valence electrons. The van der Waals surface area contributed by atoms with Crippen molar-refractivity contribution in [3.63, 3.8) is 0 Å². The number of benzene rings is 4. The van der Waals surface area contributed by atoms with Crippen LogP contribution in [0.15, 0.2) is 144 Å². The highest BCUT2D eigenvalue weighted by atomic mass is 15.1. The minimum Gasteiger partial charge on any atom is -0.292 e. The fourth-order valence-corrected chi connectivity index (χ4v) is 6.27. The monoisotopic (exact) mass is 538 g/mol. The quantitative estimate of drug-likeness (QED) is 0.195. The minimum atomic E-state index is 0.705. The standard InChI is InChI=1S/C36H22N6/c1-5-17-29-23(11-1)24-12-2-6-18-30(24)41(29)35-33-27(15-9-21-37-33)40-36(34-28(39-35)16-10-22-38-34)42-31-19-7-3-13-25(31)26-14-4-8-20-32(26)42/h1-22H/b35-33?,36-34?,39-28?,39-35+,40-27?,40-36+. The van der Waals surface area contributed by atoms with Crippen LogP contribution >= 0.6 is 0 Å². The van der Waals surface area contributed by atoms with Gasteiger partial charge in [0.05, 0.1) is 33.4 Å². The van der Waals surface area contributed by atoms with Gasteiger partial charge in [0.1, 0.15) is 11.4 Å². The lowest BCUT2D eigenvalue weighted by atomic mass is 10.2. The second-order valence-electron chi connectivity index (χ2n) is 10.4. The molecule has 42 heavy (non-hydrogen) atoms. The van der Waals surface area contributed by atoms with Gasteiger partial charge in [0, 0.05) is 33.9 Å². The Hall–Kier alpha value is -5.88. The summed E-state index contributed by atoms with van der Waals surface area (Å²) in [6, 6.07) is 41.6. The molecule has 0 saturated heterocycles. The third-order valence-corrected chi connectivity index (χ3v) is 8.03. The molecule has 6 heteroatoms. The molecule has 6 nitrogen and oxygen atoms in total. The van der Waals surface area contributed by atoms with E-state index in [1.54, 1.807) is 0 Å². The molecule has 0 amide bonds. The van der Waals surface area contributed by atoms with Crippen molar-refractivity contribution in [1.29, 1.82) is 0 Å². The highest BCUT2D eigenvalue weighted by molar-refractivity contribution is 6.22. The van der Waals surface area contributed by atoms with Crippen molar-refractivity contribution in [1.82, 2.24) is 19.1 Å². The summed E-state index contributed by atoms with van der Waals surface area (Å²) in [7, 11) is 0. The van der Waals surface area contributed by atoms with Crippen LogP contribution in [-0.2, 0) is 0 Å². The highest BCUT2D eigenvalue weighted by Gasteiger charge is 2.26. The zero-order chi connectivity index (χ0) is 27.6. The van der Waals surface area contributed by atoms with Gasteiger partial charge in [-0.05, 0) is 48.5 Å². The normalized spacial score (nSPS) is 15.5. The summed E-state index contributed by atoms with van der Waals surface area (Å²) in [5.41, 5.74) is 7.11. The predicted octanol–water partition coefficient (Wildman–Crippen LogP) is 8.26. The zero-order valence-corrected chi connectivity index (χ0v) is 22.4. The van der Waals surface area contributed by atoms with Crippen LogP contribution in [0, 0.1) is 0 Å².